The molecule has 0 atom stereocenters. The number of nitrogens with zero attached hydrogens (tertiary/aromatic N) is 1. The van der Waals surface area contributed by atoms with Gasteiger partial charge in [0.2, 0.25) is 0 Å². The molecule has 70 valence electrons. The van der Waals surface area contributed by atoms with Gasteiger partial charge in [-0.25, -0.2) is 0 Å². The Morgan fingerprint density at radius 2 is 2.31 bits per heavy atom. The molecule has 0 aromatic heterocycles. The Morgan fingerprint density at radius 1 is 1.62 bits per heavy atom. The third-order valence-corrected chi connectivity index (χ3v) is 1.58. The van der Waals surface area contributed by atoms with Crippen molar-refractivity contribution in [2.24, 2.45) is 0 Å². The molecule has 0 heterocycles. The Morgan fingerprint density at radius 3 is 2.77 bits per heavy atom. The molecule has 0 rings (SSSR count). The zero-order chi connectivity index (χ0) is 10.1. The van der Waals surface area contributed by atoms with Gasteiger partial charge in [-0.05, 0) is 19.5 Å². The van der Waals surface area contributed by atoms with Crippen molar-refractivity contribution < 1.29 is 0 Å². The van der Waals surface area contributed by atoms with Gasteiger partial charge in [0.05, 0.1) is 6.54 Å². The summed E-state index contributed by atoms with van der Waals surface area (Å²) in [7, 11) is 1.99. The smallest absolute Gasteiger partial charge is 0.0599 e. The van der Waals surface area contributed by atoms with Gasteiger partial charge < -0.3 is 0 Å². The third-order valence-electron chi connectivity index (χ3n) is 1.58. The number of rotatable bonds is 5. The molecule has 0 saturated carbocycles. The lowest BCUT2D eigenvalue weighted by Gasteiger charge is -2.13. The van der Waals surface area contributed by atoms with Crippen LogP contribution < -0.4 is 0 Å². The maximum atomic E-state index is 5.20. The molecule has 0 spiro atoms. The lowest BCUT2D eigenvalue weighted by Crippen LogP contribution is -2.20. The van der Waals surface area contributed by atoms with Crippen molar-refractivity contribution >= 4 is 0 Å². The van der Waals surface area contributed by atoms with E-state index in [9.17, 15) is 0 Å². The van der Waals surface area contributed by atoms with Crippen molar-refractivity contribution in [1.29, 1.82) is 0 Å². The zero-order valence-corrected chi connectivity index (χ0v) is 8.46. The first kappa shape index (κ1) is 11.7. The minimum atomic E-state index is 0.668. The van der Waals surface area contributed by atoms with E-state index in [1.165, 1.54) is 5.57 Å². The average Bonchev–Trinajstić information content (AvgIpc) is 2.12. The summed E-state index contributed by atoms with van der Waals surface area (Å²) in [5.74, 6) is 2.60. The molecule has 0 radical (unpaired) electrons. The van der Waals surface area contributed by atoms with Crippen LogP contribution in [0.1, 0.15) is 6.92 Å². The predicted molar refractivity (Wildman–Crippen MR) is 59.4 cm³/mol. The zero-order valence-electron chi connectivity index (χ0n) is 8.46. The van der Waals surface area contributed by atoms with E-state index < -0.39 is 0 Å². The molecular formula is C12H17N. The normalized spacial score (nSPS) is 12.0. The second kappa shape index (κ2) is 7.39. The highest BCUT2D eigenvalue weighted by Crippen LogP contribution is 1.98. The number of allylic oxidation sites excluding steroid dienone is 3. The molecule has 0 unspecified atom stereocenters. The summed E-state index contributed by atoms with van der Waals surface area (Å²) in [5, 5.41) is 0. The standard InChI is InChI=1S/C12H17N/c1-5-8-9-12(7-3)11-13(4)10-6-2/h2,5,7-9H,3,10-11H2,1,4H3/b8-5-,12-9+. The van der Waals surface area contributed by atoms with Gasteiger partial charge in [0.15, 0.2) is 0 Å². The summed E-state index contributed by atoms with van der Waals surface area (Å²) in [6, 6.07) is 0. The monoisotopic (exact) mass is 175 g/mol. The first-order valence-electron chi connectivity index (χ1n) is 4.31. The summed E-state index contributed by atoms with van der Waals surface area (Å²) in [6.07, 6.45) is 13.1. The van der Waals surface area contributed by atoms with Gasteiger partial charge in [-0.15, -0.1) is 6.42 Å². The largest absolute Gasteiger partial charge is 0.291 e. The van der Waals surface area contributed by atoms with Gasteiger partial charge in [0.1, 0.15) is 0 Å². The molecule has 0 amide bonds. The van der Waals surface area contributed by atoms with Gasteiger partial charge in [-0.2, -0.15) is 0 Å². The van der Waals surface area contributed by atoms with E-state index in [2.05, 4.69) is 17.4 Å². The summed E-state index contributed by atoms with van der Waals surface area (Å²) in [4.78, 5) is 2.07. The maximum Gasteiger partial charge on any atom is 0.0599 e. The van der Waals surface area contributed by atoms with Crippen molar-refractivity contribution in [3.8, 4) is 12.3 Å². The second-order valence-corrected chi connectivity index (χ2v) is 2.85. The highest BCUT2D eigenvalue weighted by atomic mass is 15.1. The SMILES string of the molecule is C#CCN(C)C/C(C=C)=C/C=C\C. The van der Waals surface area contributed by atoms with E-state index in [0.717, 1.165) is 6.54 Å². The molecule has 1 heteroatoms. The highest BCUT2D eigenvalue weighted by molar-refractivity contribution is 5.23. The molecule has 0 aromatic rings. The first-order valence-corrected chi connectivity index (χ1v) is 4.31. The molecule has 0 aliphatic heterocycles. The van der Waals surface area contributed by atoms with E-state index in [1.807, 2.05) is 38.3 Å². The number of terminal acetylenes is 1. The summed E-state index contributed by atoms with van der Waals surface area (Å²) >= 11 is 0. The van der Waals surface area contributed by atoms with Gasteiger partial charge in [-0.1, -0.05) is 36.8 Å². The van der Waals surface area contributed by atoms with E-state index in [1.54, 1.807) is 0 Å². The van der Waals surface area contributed by atoms with Crippen molar-refractivity contribution in [1.82, 2.24) is 4.90 Å². The van der Waals surface area contributed by atoms with Gasteiger partial charge in [-0.3, -0.25) is 4.90 Å². The summed E-state index contributed by atoms with van der Waals surface area (Å²) < 4.78 is 0. The van der Waals surface area contributed by atoms with E-state index in [-0.39, 0.29) is 0 Å². The number of likely N-dealkylation sites (N-methyl/N-ethyl adjacent to an activating group) is 1. The van der Waals surface area contributed by atoms with Crippen LogP contribution in [0, 0.1) is 12.3 Å². The van der Waals surface area contributed by atoms with E-state index >= 15 is 0 Å². The van der Waals surface area contributed by atoms with Crippen molar-refractivity contribution in [2.75, 3.05) is 20.1 Å². The van der Waals surface area contributed by atoms with Crippen LogP contribution in [0.2, 0.25) is 0 Å². The molecule has 0 fully saturated rings. The molecule has 0 aliphatic carbocycles. The topological polar surface area (TPSA) is 3.24 Å². The fourth-order valence-corrected chi connectivity index (χ4v) is 0.929. The molecule has 0 aromatic carbocycles. The van der Waals surface area contributed by atoms with Crippen LogP contribution in [0.3, 0.4) is 0 Å². The first-order chi connectivity index (χ1) is 6.24. The maximum absolute atomic E-state index is 5.20. The number of hydrogen-bond donors (Lipinski definition) is 0. The molecule has 1 nitrogen and oxygen atoms in total. The van der Waals surface area contributed by atoms with Crippen LogP contribution >= 0.6 is 0 Å². The molecule has 0 saturated heterocycles. The number of hydrogen-bond acceptors (Lipinski definition) is 1. The van der Waals surface area contributed by atoms with E-state index in [4.69, 9.17) is 6.42 Å². The second-order valence-electron chi connectivity index (χ2n) is 2.85. The summed E-state index contributed by atoms with van der Waals surface area (Å²) in [5.41, 5.74) is 1.18. The Balaban J connectivity index is 4.13. The van der Waals surface area contributed by atoms with Crippen LogP contribution in [0.4, 0.5) is 0 Å². The van der Waals surface area contributed by atoms with Crippen molar-refractivity contribution in [2.45, 2.75) is 6.92 Å². The fraction of sp³-hybridized carbons (Fsp3) is 0.333. The Kier molecular flexibility index (Phi) is 6.68. The van der Waals surface area contributed by atoms with E-state index in [0.29, 0.717) is 6.54 Å². The van der Waals surface area contributed by atoms with Crippen LogP contribution in [0.25, 0.3) is 0 Å². The quantitative estimate of drug-likeness (QED) is 0.457. The lowest BCUT2D eigenvalue weighted by molar-refractivity contribution is 0.412. The summed E-state index contributed by atoms with van der Waals surface area (Å²) in [6.45, 7) is 7.25. The molecule has 0 aliphatic rings. The van der Waals surface area contributed by atoms with Gasteiger partial charge in [0, 0.05) is 6.54 Å². The van der Waals surface area contributed by atoms with Crippen molar-refractivity contribution in [3.63, 3.8) is 0 Å². The van der Waals surface area contributed by atoms with Crippen LogP contribution in [-0.4, -0.2) is 25.0 Å². The van der Waals surface area contributed by atoms with Crippen LogP contribution in [0.5, 0.6) is 0 Å². The van der Waals surface area contributed by atoms with Gasteiger partial charge in [0.25, 0.3) is 0 Å². The highest BCUT2D eigenvalue weighted by Gasteiger charge is 1.96. The Bertz CT molecular complexity index is 240. The third kappa shape index (κ3) is 5.95. The van der Waals surface area contributed by atoms with Crippen molar-refractivity contribution in [3.05, 3.63) is 36.5 Å². The minimum absolute atomic E-state index is 0.668. The molecular weight excluding hydrogens is 158 g/mol. The molecule has 0 bridgehead atoms. The minimum Gasteiger partial charge on any atom is -0.291 e. The molecule has 0 N–H and O–H groups in total. The van der Waals surface area contributed by atoms with Crippen LogP contribution in [-0.2, 0) is 0 Å². The Hall–Kier alpha value is -1.26. The van der Waals surface area contributed by atoms with Gasteiger partial charge >= 0.3 is 0 Å². The predicted octanol–water partition coefficient (Wildman–Crippen LogP) is 2.24. The lowest BCUT2D eigenvalue weighted by atomic mass is 10.2. The fourth-order valence-electron chi connectivity index (χ4n) is 0.929. The average molecular weight is 175 g/mol. The van der Waals surface area contributed by atoms with Crippen LogP contribution in [0.15, 0.2) is 36.5 Å². The Labute approximate surface area is 81.4 Å². The molecule has 13 heavy (non-hydrogen) atoms.